The molecule has 1 aromatic rings. The van der Waals surface area contributed by atoms with Crippen molar-refractivity contribution in [2.45, 2.75) is 12.5 Å². The van der Waals surface area contributed by atoms with Crippen LogP contribution in [0.4, 0.5) is 5.69 Å². The maximum atomic E-state index is 12.0. The summed E-state index contributed by atoms with van der Waals surface area (Å²) in [4.78, 5) is 36.7. The number of nitrogens with one attached hydrogen (secondary N) is 1. The molecule has 10 heteroatoms. The summed E-state index contributed by atoms with van der Waals surface area (Å²) in [6, 6.07) is -0.0980. The number of aliphatic carboxylic acids is 1. The van der Waals surface area contributed by atoms with Crippen LogP contribution in [0.25, 0.3) is 0 Å². The SMILES string of the molecule is CSCCC(NC(=O)c1cc(Cl)ncc1[N+](=O)[O-])C(=O)O. The van der Waals surface area contributed by atoms with Crippen molar-refractivity contribution in [1.82, 2.24) is 10.3 Å². The summed E-state index contributed by atoms with van der Waals surface area (Å²) in [7, 11) is 0. The van der Waals surface area contributed by atoms with Gasteiger partial charge in [0, 0.05) is 0 Å². The van der Waals surface area contributed by atoms with Crippen LogP contribution in [0.5, 0.6) is 0 Å². The molecular weight excluding hydrogens is 322 g/mol. The van der Waals surface area contributed by atoms with Gasteiger partial charge in [-0.2, -0.15) is 11.8 Å². The highest BCUT2D eigenvalue weighted by Gasteiger charge is 2.26. The second kappa shape index (κ2) is 7.79. The van der Waals surface area contributed by atoms with Crippen molar-refractivity contribution in [3.8, 4) is 0 Å². The third-order valence-corrected chi connectivity index (χ3v) is 3.36. The van der Waals surface area contributed by atoms with E-state index in [0.717, 1.165) is 12.3 Å². The van der Waals surface area contributed by atoms with E-state index in [-0.39, 0.29) is 17.1 Å². The molecule has 1 amide bonds. The van der Waals surface area contributed by atoms with E-state index in [1.165, 1.54) is 11.8 Å². The van der Waals surface area contributed by atoms with Crippen molar-refractivity contribution in [2.24, 2.45) is 0 Å². The van der Waals surface area contributed by atoms with E-state index in [4.69, 9.17) is 16.7 Å². The van der Waals surface area contributed by atoms with Gasteiger partial charge in [0.15, 0.2) is 0 Å². The number of amides is 1. The van der Waals surface area contributed by atoms with Gasteiger partial charge in [-0.25, -0.2) is 9.78 Å². The average molecular weight is 334 g/mol. The number of nitro groups is 1. The number of carboxylic acid groups (broad SMARTS) is 1. The summed E-state index contributed by atoms with van der Waals surface area (Å²) in [5.74, 6) is -1.56. The van der Waals surface area contributed by atoms with E-state index in [0.29, 0.717) is 5.75 Å². The summed E-state index contributed by atoms with van der Waals surface area (Å²) in [6.45, 7) is 0. The Kier molecular flexibility index (Phi) is 6.38. The van der Waals surface area contributed by atoms with Crippen LogP contribution >= 0.6 is 23.4 Å². The third kappa shape index (κ3) is 4.87. The number of hydrogen-bond donors (Lipinski definition) is 2. The summed E-state index contributed by atoms with van der Waals surface area (Å²) >= 11 is 7.04. The van der Waals surface area contributed by atoms with E-state index in [1.807, 2.05) is 0 Å². The van der Waals surface area contributed by atoms with E-state index in [1.54, 1.807) is 6.26 Å². The first-order valence-corrected chi connectivity index (χ1v) is 7.46. The molecule has 0 bridgehead atoms. The van der Waals surface area contributed by atoms with Gasteiger partial charge in [-0.1, -0.05) is 11.6 Å². The largest absolute Gasteiger partial charge is 0.480 e. The molecule has 0 radical (unpaired) electrons. The van der Waals surface area contributed by atoms with Crippen LogP contribution in [0.3, 0.4) is 0 Å². The number of hydrogen-bond acceptors (Lipinski definition) is 6. The Morgan fingerprint density at radius 3 is 2.81 bits per heavy atom. The molecule has 2 N–H and O–H groups in total. The summed E-state index contributed by atoms with van der Waals surface area (Å²) in [5, 5.41) is 22.0. The number of carbonyl (C=O) groups excluding carboxylic acids is 1. The normalized spacial score (nSPS) is 11.7. The van der Waals surface area contributed by atoms with Gasteiger partial charge in [0.05, 0.1) is 4.92 Å². The van der Waals surface area contributed by atoms with E-state index < -0.39 is 28.5 Å². The molecule has 8 nitrogen and oxygen atoms in total. The Morgan fingerprint density at radius 2 is 2.29 bits per heavy atom. The number of pyridine rings is 1. The van der Waals surface area contributed by atoms with E-state index in [2.05, 4.69) is 10.3 Å². The molecule has 1 unspecified atom stereocenters. The average Bonchev–Trinajstić information content (AvgIpc) is 2.42. The van der Waals surface area contributed by atoms with Crippen molar-refractivity contribution in [1.29, 1.82) is 0 Å². The van der Waals surface area contributed by atoms with Gasteiger partial charge in [-0.15, -0.1) is 0 Å². The fourth-order valence-electron chi connectivity index (χ4n) is 1.48. The Hall–Kier alpha value is -1.87. The Morgan fingerprint density at radius 1 is 1.62 bits per heavy atom. The number of carboxylic acids is 1. The number of nitrogens with zero attached hydrogens (tertiary/aromatic N) is 2. The molecule has 0 spiro atoms. The van der Waals surface area contributed by atoms with Crippen LogP contribution in [0.2, 0.25) is 5.15 Å². The second-order valence-electron chi connectivity index (χ2n) is 3.93. The highest BCUT2D eigenvalue weighted by molar-refractivity contribution is 7.98. The molecular formula is C11H12ClN3O5S. The minimum Gasteiger partial charge on any atom is -0.480 e. The number of halogens is 1. The molecule has 0 aliphatic heterocycles. The highest BCUT2D eigenvalue weighted by Crippen LogP contribution is 2.20. The van der Waals surface area contributed by atoms with E-state index in [9.17, 15) is 19.7 Å². The summed E-state index contributed by atoms with van der Waals surface area (Å²) in [5.41, 5.74) is -0.860. The van der Waals surface area contributed by atoms with E-state index >= 15 is 0 Å². The number of aromatic nitrogens is 1. The number of rotatable bonds is 7. The fraction of sp³-hybridized carbons (Fsp3) is 0.364. The smallest absolute Gasteiger partial charge is 0.326 e. The van der Waals surface area contributed by atoms with Crippen molar-refractivity contribution in [2.75, 3.05) is 12.0 Å². The van der Waals surface area contributed by atoms with Crippen molar-refractivity contribution in [3.63, 3.8) is 0 Å². The molecule has 0 aliphatic rings. The topological polar surface area (TPSA) is 122 Å². The van der Waals surface area contributed by atoms with Crippen molar-refractivity contribution in [3.05, 3.63) is 33.1 Å². The molecule has 0 aromatic carbocycles. The molecule has 0 saturated heterocycles. The number of carbonyl (C=O) groups is 2. The zero-order valence-corrected chi connectivity index (χ0v) is 12.5. The maximum absolute atomic E-state index is 12.0. The van der Waals surface area contributed by atoms with Gasteiger partial charge < -0.3 is 10.4 Å². The zero-order valence-electron chi connectivity index (χ0n) is 10.9. The first kappa shape index (κ1) is 17.2. The molecule has 0 aliphatic carbocycles. The Balaban J connectivity index is 2.99. The van der Waals surface area contributed by atoms with Gasteiger partial charge in [0.2, 0.25) is 0 Å². The predicted molar refractivity (Wildman–Crippen MR) is 77.8 cm³/mol. The van der Waals surface area contributed by atoms with Crippen molar-refractivity contribution >= 4 is 40.9 Å². The molecule has 114 valence electrons. The first-order chi connectivity index (χ1) is 9.86. The maximum Gasteiger partial charge on any atom is 0.326 e. The lowest BCUT2D eigenvalue weighted by atomic mass is 10.1. The second-order valence-corrected chi connectivity index (χ2v) is 5.30. The van der Waals surface area contributed by atoms with Crippen LogP contribution < -0.4 is 5.32 Å². The van der Waals surface area contributed by atoms with Gasteiger partial charge in [0.1, 0.15) is 23.0 Å². The third-order valence-electron chi connectivity index (χ3n) is 2.50. The van der Waals surface area contributed by atoms with Crippen LogP contribution in [-0.4, -0.2) is 44.9 Å². The van der Waals surface area contributed by atoms with Gasteiger partial charge in [0.25, 0.3) is 11.6 Å². The monoisotopic (exact) mass is 333 g/mol. The van der Waals surface area contributed by atoms with Crippen LogP contribution in [0.1, 0.15) is 16.8 Å². The minimum absolute atomic E-state index is 0.0956. The molecule has 0 fully saturated rings. The minimum atomic E-state index is -1.21. The molecule has 21 heavy (non-hydrogen) atoms. The highest BCUT2D eigenvalue weighted by atomic mass is 35.5. The first-order valence-electron chi connectivity index (χ1n) is 5.69. The Labute approximate surface area is 129 Å². The van der Waals surface area contributed by atoms with Crippen LogP contribution in [0.15, 0.2) is 12.3 Å². The lowest BCUT2D eigenvalue weighted by Gasteiger charge is -2.13. The predicted octanol–water partition coefficient (Wildman–Crippen LogP) is 1.58. The molecule has 1 heterocycles. The molecule has 0 saturated carbocycles. The molecule has 1 rings (SSSR count). The van der Waals surface area contributed by atoms with Gasteiger partial charge in [-0.05, 0) is 24.5 Å². The lowest BCUT2D eigenvalue weighted by Crippen LogP contribution is -2.41. The summed E-state index contributed by atoms with van der Waals surface area (Å²) < 4.78 is 0. The summed E-state index contributed by atoms with van der Waals surface area (Å²) in [6.07, 6.45) is 2.86. The Bertz CT molecular complexity index is 569. The fourth-order valence-corrected chi connectivity index (χ4v) is 2.11. The number of thioether (sulfide) groups is 1. The van der Waals surface area contributed by atoms with Gasteiger partial charge in [-0.3, -0.25) is 14.9 Å². The molecule has 1 aromatic heterocycles. The molecule has 1 atom stereocenters. The van der Waals surface area contributed by atoms with Crippen LogP contribution in [0, 0.1) is 10.1 Å². The van der Waals surface area contributed by atoms with Crippen molar-refractivity contribution < 1.29 is 19.6 Å². The van der Waals surface area contributed by atoms with Crippen LogP contribution in [-0.2, 0) is 4.79 Å². The van der Waals surface area contributed by atoms with Gasteiger partial charge >= 0.3 is 5.97 Å². The zero-order chi connectivity index (χ0) is 16.0. The lowest BCUT2D eigenvalue weighted by molar-refractivity contribution is -0.385. The standard InChI is InChI=1S/C11H12ClN3O5S/c1-21-3-2-7(11(17)18)14-10(16)6-4-9(12)13-5-8(6)15(19)20/h4-5,7H,2-3H2,1H3,(H,14,16)(H,17,18). The quantitative estimate of drug-likeness (QED) is 0.441.